The van der Waals surface area contributed by atoms with Gasteiger partial charge < -0.3 is 15.0 Å². The van der Waals surface area contributed by atoms with Crippen molar-refractivity contribution in [1.29, 1.82) is 0 Å². The van der Waals surface area contributed by atoms with Crippen LogP contribution in [0.2, 0.25) is 0 Å². The molecule has 10 heteroatoms. The predicted octanol–water partition coefficient (Wildman–Crippen LogP) is 3.61. The smallest absolute Gasteiger partial charge is 0.262 e. The molecule has 168 valence electrons. The molecule has 1 aliphatic heterocycles. The van der Waals surface area contributed by atoms with Gasteiger partial charge in [0.25, 0.3) is 10.0 Å². The third-order valence-corrected chi connectivity index (χ3v) is 6.53. The normalized spacial score (nSPS) is 14.3. The van der Waals surface area contributed by atoms with Crippen LogP contribution in [-0.2, 0) is 14.8 Å². The van der Waals surface area contributed by atoms with Crippen molar-refractivity contribution in [2.24, 2.45) is 0 Å². The van der Waals surface area contributed by atoms with Crippen LogP contribution in [0.25, 0.3) is 0 Å². The molecule has 0 aliphatic carbocycles. The summed E-state index contributed by atoms with van der Waals surface area (Å²) in [5, 5.41) is 3.16. The van der Waals surface area contributed by atoms with Crippen LogP contribution in [0.1, 0.15) is 11.3 Å². The van der Waals surface area contributed by atoms with Crippen LogP contribution in [0.15, 0.2) is 53.4 Å². The lowest BCUT2D eigenvalue weighted by molar-refractivity contribution is 0.122. The molecule has 0 saturated carbocycles. The van der Waals surface area contributed by atoms with Crippen LogP contribution in [0, 0.1) is 19.7 Å². The van der Waals surface area contributed by atoms with Crippen LogP contribution in [0.5, 0.6) is 0 Å². The van der Waals surface area contributed by atoms with Gasteiger partial charge in [-0.1, -0.05) is 6.07 Å². The highest BCUT2D eigenvalue weighted by atomic mass is 32.2. The Hall–Kier alpha value is -3.24. The molecule has 1 aromatic heterocycles. The molecule has 32 heavy (non-hydrogen) atoms. The summed E-state index contributed by atoms with van der Waals surface area (Å²) in [5.74, 6) is 0.679. The number of sulfonamides is 1. The molecular formula is C22H24FN5O3S. The van der Waals surface area contributed by atoms with Crippen LogP contribution in [0.3, 0.4) is 0 Å². The number of benzene rings is 2. The third kappa shape index (κ3) is 5.14. The second-order valence-corrected chi connectivity index (χ2v) is 9.16. The summed E-state index contributed by atoms with van der Waals surface area (Å²) in [6.07, 6.45) is 0. The zero-order valence-corrected chi connectivity index (χ0v) is 18.6. The van der Waals surface area contributed by atoms with E-state index in [0.29, 0.717) is 36.1 Å². The molecule has 1 saturated heterocycles. The molecule has 0 unspecified atom stereocenters. The number of nitrogens with zero attached hydrogens (tertiary/aromatic N) is 3. The maximum atomic E-state index is 13.5. The Kier molecular flexibility index (Phi) is 6.24. The minimum atomic E-state index is -3.91. The summed E-state index contributed by atoms with van der Waals surface area (Å²) in [6, 6.07) is 12.3. The fourth-order valence-electron chi connectivity index (χ4n) is 3.39. The van der Waals surface area contributed by atoms with Gasteiger partial charge in [0, 0.05) is 36.2 Å². The van der Waals surface area contributed by atoms with Crippen molar-refractivity contribution < 1.29 is 17.5 Å². The van der Waals surface area contributed by atoms with Crippen molar-refractivity contribution >= 4 is 33.2 Å². The first-order chi connectivity index (χ1) is 15.3. The summed E-state index contributed by atoms with van der Waals surface area (Å²) in [5.41, 5.74) is 2.36. The van der Waals surface area contributed by atoms with Crippen molar-refractivity contribution in [2.75, 3.05) is 41.2 Å². The maximum Gasteiger partial charge on any atom is 0.262 e. The Morgan fingerprint density at radius 2 is 1.66 bits per heavy atom. The fourth-order valence-corrected chi connectivity index (χ4v) is 4.70. The number of aromatic nitrogens is 2. The number of hydrogen-bond acceptors (Lipinski definition) is 7. The lowest BCUT2D eigenvalue weighted by Crippen LogP contribution is -2.36. The molecule has 8 nitrogen and oxygen atoms in total. The maximum absolute atomic E-state index is 13.5. The van der Waals surface area contributed by atoms with E-state index in [0.717, 1.165) is 30.7 Å². The fraction of sp³-hybridized carbons (Fsp3) is 0.273. The van der Waals surface area contributed by atoms with Crippen molar-refractivity contribution in [2.45, 2.75) is 18.7 Å². The second kappa shape index (κ2) is 9.09. The SMILES string of the molecule is Cc1cc(N2CCOCC2)nc(Nc2ccc(NS(=O)(=O)c3cc(F)ccc3C)cc2)n1. The highest BCUT2D eigenvalue weighted by molar-refractivity contribution is 7.92. The van der Waals surface area contributed by atoms with E-state index in [4.69, 9.17) is 4.74 Å². The minimum absolute atomic E-state index is 0.0940. The molecule has 0 atom stereocenters. The number of rotatable bonds is 6. The lowest BCUT2D eigenvalue weighted by Gasteiger charge is -2.28. The van der Waals surface area contributed by atoms with E-state index in [1.807, 2.05) is 13.0 Å². The molecule has 2 aromatic carbocycles. The van der Waals surface area contributed by atoms with Gasteiger partial charge in [0.05, 0.1) is 18.1 Å². The van der Waals surface area contributed by atoms with E-state index >= 15 is 0 Å². The van der Waals surface area contributed by atoms with E-state index in [9.17, 15) is 12.8 Å². The lowest BCUT2D eigenvalue weighted by atomic mass is 10.2. The van der Waals surface area contributed by atoms with Crippen LogP contribution >= 0.6 is 0 Å². The Morgan fingerprint density at radius 1 is 0.969 bits per heavy atom. The highest BCUT2D eigenvalue weighted by Gasteiger charge is 2.18. The Bertz CT molecular complexity index is 1210. The Labute approximate surface area is 186 Å². The largest absolute Gasteiger partial charge is 0.378 e. The van der Waals surface area contributed by atoms with Gasteiger partial charge in [-0.3, -0.25) is 4.72 Å². The average Bonchev–Trinajstić information content (AvgIpc) is 2.77. The first-order valence-electron chi connectivity index (χ1n) is 10.1. The zero-order valence-electron chi connectivity index (χ0n) is 17.8. The van der Waals surface area contributed by atoms with Crippen LogP contribution in [0.4, 0.5) is 27.5 Å². The first-order valence-corrected chi connectivity index (χ1v) is 11.6. The number of ether oxygens (including phenoxy) is 1. The third-order valence-electron chi connectivity index (χ3n) is 5.01. The summed E-state index contributed by atoms with van der Waals surface area (Å²) in [6.45, 7) is 6.40. The second-order valence-electron chi connectivity index (χ2n) is 7.51. The van der Waals surface area contributed by atoms with Gasteiger partial charge in [-0.2, -0.15) is 4.98 Å². The molecule has 0 radical (unpaired) electrons. The summed E-state index contributed by atoms with van der Waals surface area (Å²) in [4.78, 5) is 11.1. The average molecular weight is 458 g/mol. The number of aryl methyl sites for hydroxylation is 2. The van der Waals surface area contributed by atoms with Gasteiger partial charge in [0.2, 0.25) is 5.95 Å². The molecule has 3 aromatic rings. The van der Waals surface area contributed by atoms with E-state index in [2.05, 4.69) is 24.9 Å². The molecule has 0 amide bonds. The zero-order chi connectivity index (χ0) is 22.7. The monoisotopic (exact) mass is 457 g/mol. The standard InChI is InChI=1S/C22H24FN5O3S/c1-15-3-4-17(23)14-20(15)32(29,30)27-19-7-5-18(6-8-19)25-22-24-16(2)13-21(26-22)28-9-11-31-12-10-28/h3-8,13-14,27H,9-12H2,1-2H3,(H,24,25,26). The highest BCUT2D eigenvalue weighted by Crippen LogP contribution is 2.23. The van der Waals surface area contributed by atoms with Crippen LogP contribution in [-0.4, -0.2) is 44.7 Å². The van der Waals surface area contributed by atoms with Crippen molar-refractivity contribution in [1.82, 2.24) is 9.97 Å². The van der Waals surface area contributed by atoms with E-state index < -0.39 is 15.8 Å². The summed E-state index contributed by atoms with van der Waals surface area (Å²) >= 11 is 0. The van der Waals surface area contributed by atoms with Crippen molar-refractivity contribution in [3.8, 4) is 0 Å². The van der Waals surface area contributed by atoms with Gasteiger partial charge in [-0.15, -0.1) is 0 Å². The molecule has 1 fully saturated rings. The number of anilines is 4. The molecule has 2 N–H and O–H groups in total. The Morgan fingerprint density at radius 3 is 2.38 bits per heavy atom. The molecule has 0 spiro atoms. The summed E-state index contributed by atoms with van der Waals surface area (Å²) < 4.78 is 46.7. The quantitative estimate of drug-likeness (QED) is 0.584. The number of morpholine rings is 1. The first kappa shape index (κ1) is 22.0. The summed E-state index contributed by atoms with van der Waals surface area (Å²) in [7, 11) is -3.91. The number of halogens is 1. The van der Waals surface area contributed by atoms with Gasteiger partial charge in [0.15, 0.2) is 0 Å². The van der Waals surface area contributed by atoms with E-state index in [1.54, 1.807) is 31.2 Å². The molecule has 1 aliphatic rings. The van der Waals surface area contributed by atoms with Gasteiger partial charge in [0.1, 0.15) is 11.6 Å². The molecule has 0 bridgehead atoms. The Balaban J connectivity index is 1.48. The minimum Gasteiger partial charge on any atom is -0.378 e. The topological polar surface area (TPSA) is 96.5 Å². The van der Waals surface area contributed by atoms with E-state index in [1.165, 1.54) is 12.1 Å². The molecular weight excluding hydrogens is 433 g/mol. The van der Waals surface area contributed by atoms with Crippen molar-refractivity contribution in [3.63, 3.8) is 0 Å². The van der Waals surface area contributed by atoms with Crippen molar-refractivity contribution in [3.05, 3.63) is 65.6 Å². The predicted molar refractivity (Wildman–Crippen MR) is 121 cm³/mol. The van der Waals surface area contributed by atoms with Crippen LogP contribution < -0.4 is 14.9 Å². The number of nitrogens with one attached hydrogen (secondary N) is 2. The molecule has 4 rings (SSSR count). The van der Waals surface area contributed by atoms with Gasteiger partial charge in [-0.05, 0) is 55.8 Å². The van der Waals surface area contributed by atoms with E-state index in [-0.39, 0.29) is 4.90 Å². The van der Waals surface area contributed by atoms with Gasteiger partial charge >= 0.3 is 0 Å². The van der Waals surface area contributed by atoms with Gasteiger partial charge in [-0.25, -0.2) is 17.8 Å². The molecule has 2 heterocycles. The number of hydrogen-bond donors (Lipinski definition) is 2.